The molecule has 13 nitrogen and oxygen atoms in total. The van der Waals surface area contributed by atoms with E-state index in [2.05, 4.69) is 46.5 Å². The zero-order valence-corrected chi connectivity index (χ0v) is 24.6. The number of nitrogens with two attached hydrogens (primary N) is 1. The van der Waals surface area contributed by atoms with Gasteiger partial charge < -0.3 is 37.0 Å². The van der Waals surface area contributed by atoms with Crippen molar-refractivity contribution in [3.05, 3.63) is 0 Å². The number of carboxylic acid groups (broad SMARTS) is 1. The van der Waals surface area contributed by atoms with E-state index in [4.69, 9.17) is 10.8 Å². The number of hydrogen-bond acceptors (Lipinski definition) is 9. The average Bonchev–Trinajstić information content (AvgIpc) is 3.37. The van der Waals surface area contributed by atoms with Gasteiger partial charge in [0, 0.05) is 18.1 Å². The summed E-state index contributed by atoms with van der Waals surface area (Å²) in [5, 5.41) is 18.8. The fraction of sp³-hybridized carbons (Fsp3) is 0.750. The van der Waals surface area contributed by atoms with Crippen molar-refractivity contribution < 1.29 is 33.9 Å². The van der Waals surface area contributed by atoms with E-state index in [0.29, 0.717) is 19.4 Å². The molecule has 0 aromatic heterocycles. The topological polar surface area (TPSA) is 200 Å². The van der Waals surface area contributed by atoms with Gasteiger partial charge in [0.05, 0.1) is 6.04 Å². The normalized spacial score (nSPS) is 18.2. The molecule has 7 N–H and O–H groups in total. The number of thiol groups is 2. The second-order valence-corrected chi connectivity index (χ2v) is 11.0. The molecule has 0 aromatic rings. The van der Waals surface area contributed by atoms with Gasteiger partial charge in [0.15, 0.2) is 0 Å². The average molecular weight is 591 g/mol. The molecule has 1 fully saturated rings. The number of carbonyl (C=O) groups is 6. The Morgan fingerprint density at radius 3 is 2.00 bits per heavy atom. The molecular formula is C24H42N6O7S2. The Kier molecular flexibility index (Phi) is 14.6. The van der Waals surface area contributed by atoms with Crippen molar-refractivity contribution in [2.75, 3.05) is 24.6 Å². The van der Waals surface area contributed by atoms with Gasteiger partial charge in [-0.1, -0.05) is 27.7 Å². The molecule has 0 spiro atoms. The SMILES string of the molecule is CC(C)C[C@H](NC(=O)[C@@H]1CCCN1C(=O)[C@H](CS)NC(=O)[C@@H](N)C(C)C)C(=O)N[C@@H](CS)C(=O)NCC(=O)O. The highest BCUT2D eigenvalue weighted by Crippen LogP contribution is 2.20. The number of amides is 5. The van der Waals surface area contributed by atoms with Crippen molar-refractivity contribution in [1.29, 1.82) is 0 Å². The van der Waals surface area contributed by atoms with Crippen LogP contribution >= 0.6 is 25.3 Å². The maximum atomic E-state index is 13.3. The first-order valence-electron chi connectivity index (χ1n) is 12.9. The Bertz CT molecular complexity index is 904. The Morgan fingerprint density at radius 2 is 1.49 bits per heavy atom. The molecule has 5 amide bonds. The number of carboxylic acids is 1. The number of nitrogens with zero attached hydrogens (tertiary/aromatic N) is 1. The van der Waals surface area contributed by atoms with Crippen LogP contribution in [-0.4, -0.2) is 100 Å². The van der Waals surface area contributed by atoms with Crippen LogP contribution in [0.4, 0.5) is 0 Å². The van der Waals surface area contributed by atoms with Gasteiger partial charge in [0.25, 0.3) is 0 Å². The summed E-state index contributed by atoms with van der Waals surface area (Å²) in [4.78, 5) is 76.3. The lowest BCUT2D eigenvalue weighted by atomic mass is 10.0. The lowest BCUT2D eigenvalue weighted by Crippen LogP contribution is -2.59. The fourth-order valence-electron chi connectivity index (χ4n) is 3.98. The van der Waals surface area contributed by atoms with Crippen molar-refractivity contribution in [2.24, 2.45) is 17.6 Å². The van der Waals surface area contributed by atoms with Crippen molar-refractivity contribution in [3.63, 3.8) is 0 Å². The minimum Gasteiger partial charge on any atom is -0.480 e. The molecule has 0 aliphatic carbocycles. The van der Waals surface area contributed by atoms with Crippen LogP contribution in [0.2, 0.25) is 0 Å². The Balaban J connectivity index is 2.97. The first-order chi connectivity index (χ1) is 18.2. The third kappa shape index (κ3) is 10.9. The standard InChI is InChI=1S/C24H42N6O7S2/c1-12(2)8-14(21(34)28-15(10-38)20(33)26-9-18(31)32)27-22(35)17-6-5-7-30(17)24(37)16(11-39)29-23(36)19(25)13(3)4/h12-17,19,38-39H,5-11,25H2,1-4H3,(H,26,33)(H,27,35)(H,28,34)(H,29,36)(H,31,32)/t14-,15-,16-,17-,19-/m0/s1. The molecule has 1 rings (SSSR count). The molecule has 0 aromatic carbocycles. The third-order valence-corrected chi connectivity index (χ3v) is 6.96. The molecule has 15 heteroatoms. The molecule has 0 bridgehead atoms. The van der Waals surface area contributed by atoms with Crippen LogP contribution in [0.1, 0.15) is 47.0 Å². The van der Waals surface area contributed by atoms with Crippen LogP contribution in [0.3, 0.4) is 0 Å². The highest BCUT2D eigenvalue weighted by Gasteiger charge is 2.39. The van der Waals surface area contributed by atoms with Gasteiger partial charge in [-0.2, -0.15) is 25.3 Å². The van der Waals surface area contributed by atoms with Gasteiger partial charge in [0.2, 0.25) is 29.5 Å². The molecule has 39 heavy (non-hydrogen) atoms. The van der Waals surface area contributed by atoms with Crippen molar-refractivity contribution in [3.8, 4) is 0 Å². The lowest BCUT2D eigenvalue weighted by molar-refractivity contribution is -0.142. The predicted octanol–water partition coefficient (Wildman–Crippen LogP) is -1.48. The quantitative estimate of drug-likeness (QED) is 0.106. The highest BCUT2D eigenvalue weighted by atomic mass is 32.1. The van der Waals surface area contributed by atoms with E-state index < -0.39 is 72.3 Å². The van der Waals surface area contributed by atoms with E-state index in [0.717, 1.165) is 0 Å². The van der Waals surface area contributed by atoms with Gasteiger partial charge >= 0.3 is 5.97 Å². The summed E-state index contributed by atoms with van der Waals surface area (Å²) < 4.78 is 0. The van der Waals surface area contributed by atoms with Crippen LogP contribution in [0.25, 0.3) is 0 Å². The second-order valence-electron chi connectivity index (χ2n) is 10.2. The number of likely N-dealkylation sites (tertiary alicyclic amines) is 1. The highest BCUT2D eigenvalue weighted by molar-refractivity contribution is 7.80. The van der Waals surface area contributed by atoms with Crippen LogP contribution in [0.15, 0.2) is 0 Å². The number of rotatable bonds is 15. The Morgan fingerprint density at radius 1 is 0.897 bits per heavy atom. The predicted molar refractivity (Wildman–Crippen MR) is 151 cm³/mol. The zero-order chi connectivity index (χ0) is 29.9. The van der Waals surface area contributed by atoms with E-state index in [1.54, 1.807) is 13.8 Å². The summed E-state index contributed by atoms with van der Waals surface area (Å²) in [7, 11) is 0. The first kappa shape index (κ1) is 34.5. The summed E-state index contributed by atoms with van der Waals surface area (Å²) in [6.07, 6.45) is 1.16. The number of carbonyl (C=O) groups excluding carboxylic acids is 5. The molecule has 1 saturated heterocycles. The maximum Gasteiger partial charge on any atom is 0.322 e. The molecule has 1 heterocycles. The maximum absolute atomic E-state index is 13.3. The molecule has 222 valence electrons. The minimum absolute atomic E-state index is 0.00761. The largest absolute Gasteiger partial charge is 0.480 e. The summed E-state index contributed by atoms with van der Waals surface area (Å²) in [6.45, 7) is 6.96. The van der Waals surface area contributed by atoms with Gasteiger partial charge in [0.1, 0.15) is 30.7 Å². The Hall–Kier alpha value is -2.52. The smallest absolute Gasteiger partial charge is 0.322 e. The van der Waals surface area contributed by atoms with E-state index >= 15 is 0 Å². The van der Waals surface area contributed by atoms with Crippen molar-refractivity contribution in [2.45, 2.75) is 77.2 Å². The van der Waals surface area contributed by atoms with Crippen LogP contribution < -0.4 is 27.0 Å². The van der Waals surface area contributed by atoms with Crippen molar-refractivity contribution >= 4 is 60.8 Å². The van der Waals surface area contributed by atoms with E-state index in [9.17, 15) is 28.8 Å². The number of aliphatic carboxylic acids is 1. The first-order valence-corrected chi connectivity index (χ1v) is 14.2. The van der Waals surface area contributed by atoms with Crippen LogP contribution in [0.5, 0.6) is 0 Å². The Labute approximate surface area is 239 Å². The molecule has 5 atom stereocenters. The molecule has 0 saturated carbocycles. The van der Waals surface area contributed by atoms with Gasteiger partial charge in [-0.3, -0.25) is 28.8 Å². The monoisotopic (exact) mass is 590 g/mol. The zero-order valence-electron chi connectivity index (χ0n) is 22.8. The molecule has 1 aliphatic rings. The summed E-state index contributed by atoms with van der Waals surface area (Å²) >= 11 is 8.26. The van der Waals surface area contributed by atoms with Crippen molar-refractivity contribution in [1.82, 2.24) is 26.2 Å². The summed E-state index contributed by atoms with van der Waals surface area (Å²) in [5.74, 6) is -4.33. The second kappa shape index (κ2) is 16.6. The number of hydrogen-bond donors (Lipinski definition) is 8. The van der Waals surface area contributed by atoms with Crippen LogP contribution in [-0.2, 0) is 28.8 Å². The molecule has 0 unspecified atom stereocenters. The minimum atomic E-state index is -1.24. The summed E-state index contributed by atoms with van der Waals surface area (Å²) in [5.41, 5.74) is 5.89. The fourth-order valence-corrected chi connectivity index (χ4v) is 4.49. The van der Waals surface area contributed by atoms with Gasteiger partial charge in [-0.15, -0.1) is 0 Å². The van der Waals surface area contributed by atoms with E-state index in [-0.39, 0.29) is 29.8 Å². The van der Waals surface area contributed by atoms with Crippen LogP contribution in [0, 0.1) is 11.8 Å². The lowest BCUT2D eigenvalue weighted by Gasteiger charge is -2.30. The van der Waals surface area contributed by atoms with Gasteiger partial charge in [-0.05, 0) is 31.1 Å². The third-order valence-electron chi connectivity index (χ3n) is 6.23. The summed E-state index contributed by atoms with van der Waals surface area (Å²) in [6, 6.07) is -4.78. The van der Waals surface area contributed by atoms with E-state index in [1.807, 2.05) is 13.8 Å². The van der Waals surface area contributed by atoms with E-state index in [1.165, 1.54) is 4.90 Å². The molecule has 1 aliphatic heterocycles. The number of nitrogens with one attached hydrogen (secondary N) is 4. The molecular weight excluding hydrogens is 548 g/mol. The van der Waals surface area contributed by atoms with Gasteiger partial charge in [-0.25, -0.2) is 0 Å². The molecule has 0 radical (unpaired) electrons.